The Hall–Kier alpha value is -2.48. The molecule has 6 nitrogen and oxygen atoms in total. The molecule has 0 radical (unpaired) electrons. The second-order valence-electron chi connectivity index (χ2n) is 5.58. The number of benzene rings is 1. The molecule has 3 aromatic rings. The van der Waals surface area contributed by atoms with Crippen LogP contribution in [0.3, 0.4) is 0 Å². The first-order valence-corrected chi connectivity index (χ1v) is 8.44. The molecule has 4 rings (SSSR count). The highest BCUT2D eigenvalue weighted by atomic mass is 32.1. The molecule has 24 heavy (non-hydrogen) atoms. The summed E-state index contributed by atoms with van der Waals surface area (Å²) < 4.78 is 24.1. The molecule has 0 aliphatic carbocycles. The van der Waals surface area contributed by atoms with Crippen LogP contribution in [-0.4, -0.2) is 35.3 Å². The molecule has 0 spiro atoms. The number of halogens is 1. The lowest BCUT2D eigenvalue weighted by atomic mass is 10.1. The summed E-state index contributed by atoms with van der Waals surface area (Å²) in [6, 6.07) is 4.80. The topological polar surface area (TPSA) is 64.3 Å². The van der Waals surface area contributed by atoms with Gasteiger partial charge in [0.1, 0.15) is 11.6 Å². The Bertz CT molecular complexity index is 836. The number of thiazole rings is 1. The minimum atomic E-state index is -0.402. The second-order valence-corrected chi connectivity index (χ2v) is 6.51. The Morgan fingerprint density at radius 1 is 1.38 bits per heavy atom. The van der Waals surface area contributed by atoms with Gasteiger partial charge in [-0.1, -0.05) is 5.16 Å². The fourth-order valence-corrected chi connectivity index (χ4v) is 3.61. The Kier molecular flexibility index (Phi) is 3.89. The fraction of sp³-hybridized carbons (Fsp3) is 0.312. The maximum absolute atomic E-state index is 13.6. The molecule has 0 saturated carbocycles. The molecule has 3 heterocycles. The first-order valence-electron chi connectivity index (χ1n) is 7.56. The lowest BCUT2D eigenvalue weighted by molar-refractivity contribution is 0.411. The van der Waals surface area contributed by atoms with Gasteiger partial charge in [-0.25, -0.2) is 9.37 Å². The van der Waals surface area contributed by atoms with E-state index in [1.54, 1.807) is 17.4 Å². The highest BCUT2D eigenvalue weighted by Crippen LogP contribution is 2.32. The molecule has 1 aromatic carbocycles. The molecule has 1 atom stereocenters. The van der Waals surface area contributed by atoms with Crippen LogP contribution < -0.4 is 9.64 Å². The normalized spacial score (nSPS) is 17.4. The molecule has 1 unspecified atom stereocenters. The van der Waals surface area contributed by atoms with Crippen molar-refractivity contribution in [3.63, 3.8) is 0 Å². The molecule has 124 valence electrons. The molecule has 0 amide bonds. The lowest BCUT2D eigenvalue weighted by Crippen LogP contribution is -2.19. The predicted molar refractivity (Wildman–Crippen MR) is 87.9 cm³/mol. The summed E-state index contributed by atoms with van der Waals surface area (Å²) in [6.45, 7) is 1.62. The summed E-state index contributed by atoms with van der Waals surface area (Å²) in [7, 11) is 1.49. The van der Waals surface area contributed by atoms with Gasteiger partial charge in [0.15, 0.2) is 0 Å². The highest BCUT2D eigenvalue weighted by Gasteiger charge is 2.29. The van der Waals surface area contributed by atoms with Crippen molar-refractivity contribution in [3.05, 3.63) is 40.6 Å². The number of methoxy groups -OCH3 is 1. The van der Waals surface area contributed by atoms with E-state index in [-0.39, 0.29) is 0 Å². The van der Waals surface area contributed by atoms with E-state index in [1.807, 2.05) is 16.5 Å². The molecular formula is C16H15FN4O2S. The van der Waals surface area contributed by atoms with E-state index < -0.39 is 5.82 Å². The summed E-state index contributed by atoms with van der Waals surface area (Å²) in [5.74, 6) is 0.747. The summed E-state index contributed by atoms with van der Waals surface area (Å²) in [5, 5.41) is 7.09. The summed E-state index contributed by atoms with van der Waals surface area (Å²) in [4.78, 5) is 10.8. The number of anilines is 1. The van der Waals surface area contributed by atoms with Crippen molar-refractivity contribution >= 4 is 17.4 Å². The number of hydrogen-bond donors (Lipinski definition) is 0. The minimum absolute atomic E-state index is 0.348. The van der Waals surface area contributed by atoms with Crippen LogP contribution in [-0.2, 0) is 0 Å². The molecule has 1 fully saturated rings. The smallest absolute Gasteiger partial charge is 0.324 e. The Labute approximate surface area is 141 Å². The van der Waals surface area contributed by atoms with Crippen LogP contribution in [0.4, 0.5) is 10.4 Å². The number of ether oxygens (including phenoxy) is 1. The number of rotatable bonds is 4. The lowest BCUT2D eigenvalue weighted by Gasteiger charge is -2.11. The van der Waals surface area contributed by atoms with E-state index >= 15 is 0 Å². The molecule has 0 N–H and O–H groups in total. The van der Waals surface area contributed by atoms with Crippen LogP contribution in [0.2, 0.25) is 0 Å². The zero-order chi connectivity index (χ0) is 16.5. The minimum Gasteiger partial charge on any atom is -0.497 e. The maximum atomic E-state index is 13.6. The van der Waals surface area contributed by atoms with Gasteiger partial charge in [0.05, 0.1) is 12.1 Å². The molecule has 8 heteroatoms. The van der Waals surface area contributed by atoms with Gasteiger partial charge in [0, 0.05) is 42.2 Å². The van der Waals surface area contributed by atoms with Crippen LogP contribution in [0.25, 0.3) is 11.4 Å². The van der Waals surface area contributed by atoms with Gasteiger partial charge in [0.25, 0.3) is 0 Å². The van der Waals surface area contributed by atoms with Gasteiger partial charge in [-0.05, 0) is 18.6 Å². The molecule has 1 saturated heterocycles. The summed E-state index contributed by atoms with van der Waals surface area (Å²) >= 11 is 1.67. The zero-order valence-electron chi connectivity index (χ0n) is 13.0. The summed E-state index contributed by atoms with van der Waals surface area (Å²) in [6.07, 6.45) is 2.82. The van der Waals surface area contributed by atoms with Crippen LogP contribution in [0.1, 0.15) is 17.3 Å². The predicted octanol–water partition coefficient (Wildman–Crippen LogP) is 3.33. The second kappa shape index (κ2) is 6.20. The molecule has 1 aliphatic heterocycles. The van der Waals surface area contributed by atoms with E-state index in [4.69, 9.17) is 9.26 Å². The molecule has 0 bridgehead atoms. The average molecular weight is 346 g/mol. The number of nitrogens with zero attached hydrogens (tertiary/aromatic N) is 4. The Morgan fingerprint density at radius 2 is 2.29 bits per heavy atom. The zero-order valence-corrected chi connectivity index (χ0v) is 13.8. The summed E-state index contributed by atoms with van der Waals surface area (Å²) in [5.41, 5.74) is 0.525. The van der Waals surface area contributed by atoms with Gasteiger partial charge in [0.2, 0.25) is 5.82 Å². The van der Waals surface area contributed by atoms with Crippen molar-refractivity contribution in [1.29, 1.82) is 0 Å². The van der Waals surface area contributed by atoms with Gasteiger partial charge in [-0.15, -0.1) is 11.3 Å². The Morgan fingerprint density at radius 3 is 3.08 bits per heavy atom. The third kappa shape index (κ3) is 2.84. The quantitative estimate of drug-likeness (QED) is 0.722. The first kappa shape index (κ1) is 15.1. The van der Waals surface area contributed by atoms with Gasteiger partial charge >= 0.3 is 6.01 Å². The van der Waals surface area contributed by atoms with E-state index in [0.29, 0.717) is 29.1 Å². The van der Waals surface area contributed by atoms with Crippen molar-refractivity contribution < 1.29 is 13.7 Å². The third-order valence-corrected chi connectivity index (χ3v) is 4.98. The van der Waals surface area contributed by atoms with Crippen molar-refractivity contribution in [3.8, 4) is 17.1 Å². The van der Waals surface area contributed by atoms with Crippen molar-refractivity contribution in [2.45, 2.75) is 12.3 Å². The van der Waals surface area contributed by atoms with Crippen molar-refractivity contribution in [2.75, 3.05) is 25.1 Å². The number of aromatic nitrogens is 3. The standard InChI is InChI=1S/C16H15FN4O2S/c1-22-13-7-11(6-12(17)8-13)14-19-16(23-20-14)21-4-2-10(9-21)15-18-3-5-24-15/h3,5-8,10H,2,4,9H2,1H3. The van der Waals surface area contributed by atoms with Crippen LogP contribution >= 0.6 is 11.3 Å². The van der Waals surface area contributed by atoms with Gasteiger partial charge < -0.3 is 14.2 Å². The number of hydrogen-bond acceptors (Lipinski definition) is 7. The van der Waals surface area contributed by atoms with Gasteiger partial charge in [-0.2, -0.15) is 4.98 Å². The molecule has 1 aliphatic rings. The van der Waals surface area contributed by atoms with Crippen LogP contribution in [0, 0.1) is 5.82 Å². The molecular weight excluding hydrogens is 331 g/mol. The average Bonchev–Trinajstić information content (AvgIpc) is 3.33. The van der Waals surface area contributed by atoms with E-state index in [0.717, 1.165) is 24.5 Å². The first-order chi connectivity index (χ1) is 11.7. The SMILES string of the molecule is COc1cc(F)cc(-c2noc(N3CCC(c4nccs4)C3)n2)c1. The Balaban J connectivity index is 1.54. The van der Waals surface area contributed by atoms with Crippen LogP contribution in [0.15, 0.2) is 34.3 Å². The van der Waals surface area contributed by atoms with Crippen molar-refractivity contribution in [2.24, 2.45) is 0 Å². The molecule has 2 aromatic heterocycles. The van der Waals surface area contributed by atoms with Crippen molar-refractivity contribution in [1.82, 2.24) is 15.1 Å². The highest BCUT2D eigenvalue weighted by molar-refractivity contribution is 7.09. The monoisotopic (exact) mass is 346 g/mol. The van der Waals surface area contributed by atoms with E-state index in [9.17, 15) is 4.39 Å². The third-order valence-electron chi connectivity index (χ3n) is 4.04. The van der Waals surface area contributed by atoms with E-state index in [1.165, 1.54) is 19.2 Å². The van der Waals surface area contributed by atoms with Gasteiger partial charge in [-0.3, -0.25) is 0 Å². The van der Waals surface area contributed by atoms with Crippen LogP contribution in [0.5, 0.6) is 5.75 Å². The maximum Gasteiger partial charge on any atom is 0.324 e. The van der Waals surface area contributed by atoms with E-state index in [2.05, 4.69) is 15.1 Å². The fourth-order valence-electron chi connectivity index (χ4n) is 2.84. The largest absolute Gasteiger partial charge is 0.497 e.